The van der Waals surface area contributed by atoms with Gasteiger partial charge in [-0.05, 0) is 43.2 Å². The number of carbonyl (C=O) groups is 1. The highest BCUT2D eigenvalue weighted by atomic mass is 32.2. The molecule has 0 aliphatic heterocycles. The summed E-state index contributed by atoms with van der Waals surface area (Å²) in [7, 11) is -3.63. The molecule has 1 aromatic carbocycles. The van der Waals surface area contributed by atoms with Gasteiger partial charge in [-0.1, -0.05) is 12.1 Å². The van der Waals surface area contributed by atoms with Crippen LogP contribution in [0.1, 0.15) is 47.5 Å². The van der Waals surface area contributed by atoms with Gasteiger partial charge in [0, 0.05) is 0 Å². The van der Waals surface area contributed by atoms with Gasteiger partial charge in [-0.2, -0.15) is 0 Å². The second kappa shape index (κ2) is 4.30. The smallest absolute Gasteiger partial charge is 0.267 e. The van der Waals surface area contributed by atoms with Crippen molar-refractivity contribution in [2.24, 2.45) is 0 Å². The lowest BCUT2D eigenvalue weighted by molar-refractivity contribution is 0.0977. The van der Waals surface area contributed by atoms with Crippen LogP contribution in [0, 0.1) is 5.82 Å². The minimum absolute atomic E-state index is 0.174. The Balaban J connectivity index is 1.85. The van der Waals surface area contributed by atoms with Crippen LogP contribution in [0.4, 0.5) is 4.39 Å². The van der Waals surface area contributed by atoms with Gasteiger partial charge >= 0.3 is 0 Å². The van der Waals surface area contributed by atoms with Gasteiger partial charge in [-0.25, -0.2) is 17.5 Å². The number of rotatable bonds is 4. The highest BCUT2D eigenvalue weighted by Crippen LogP contribution is 2.41. The lowest BCUT2D eigenvalue weighted by Gasteiger charge is -2.08. The van der Waals surface area contributed by atoms with Gasteiger partial charge in [0.25, 0.3) is 5.91 Å². The molecule has 1 amide bonds. The maximum Gasteiger partial charge on any atom is 0.267 e. The molecule has 19 heavy (non-hydrogen) atoms. The first-order chi connectivity index (χ1) is 8.99. The number of benzene rings is 1. The molecule has 0 aromatic heterocycles. The third-order valence-corrected chi connectivity index (χ3v) is 5.31. The first-order valence-electron chi connectivity index (χ1n) is 6.33. The lowest BCUT2D eigenvalue weighted by atomic mass is 10.1. The molecule has 2 fully saturated rings. The highest BCUT2D eigenvalue weighted by Gasteiger charge is 2.37. The van der Waals surface area contributed by atoms with Crippen molar-refractivity contribution in [3.05, 3.63) is 35.1 Å². The molecule has 3 rings (SSSR count). The third kappa shape index (κ3) is 2.49. The van der Waals surface area contributed by atoms with E-state index in [9.17, 15) is 17.6 Å². The fraction of sp³-hybridized carbons (Fsp3) is 0.462. The van der Waals surface area contributed by atoms with Gasteiger partial charge in [0.15, 0.2) is 0 Å². The molecule has 2 aliphatic rings. The average Bonchev–Trinajstić information content (AvgIpc) is 3.19. The number of sulfonamides is 1. The minimum atomic E-state index is -3.63. The number of amides is 1. The molecule has 4 nitrogen and oxygen atoms in total. The minimum Gasteiger partial charge on any atom is -0.268 e. The molecule has 0 bridgehead atoms. The molecule has 1 N–H and O–H groups in total. The number of hydrogen-bond donors (Lipinski definition) is 1. The van der Waals surface area contributed by atoms with Crippen molar-refractivity contribution >= 4 is 15.9 Å². The van der Waals surface area contributed by atoms with Gasteiger partial charge in [0.05, 0.1) is 10.8 Å². The molecule has 2 aliphatic carbocycles. The standard InChI is InChI=1S/C13H14FNO3S/c14-12-10(8-4-5-8)2-1-3-11(12)13(16)15-19(17,18)9-6-7-9/h1-3,8-9H,4-7H2,(H,15,16). The van der Waals surface area contributed by atoms with Crippen molar-refractivity contribution in [3.63, 3.8) is 0 Å². The van der Waals surface area contributed by atoms with Crippen LogP contribution in [0.25, 0.3) is 0 Å². The Bertz CT molecular complexity index is 633. The molecular formula is C13H14FNO3S. The Morgan fingerprint density at radius 1 is 1.21 bits per heavy atom. The van der Waals surface area contributed by atoms with E-state index in [2.05, 4.69) is 0 Å². The molecule has 1 aromatic rings. The lowest BCUT2D eigenvalue weighted by Crippen LogP contribution is -2.33. The van der Waals surface area contributed by atoms with E-state index >= 15 is 0 Å². The van der Waals surface area contributed by atoms with E-state index < -0.39 is 27.0 Å². The second-order valence-electron chi connectivity index (χ2n) is 5.16. The quantitative estimate of drug-likeness (QED) is 0.918. The van der Waals surface area contributed by atoms with Crippen molar-refractivity contribution < 1.29 is 17.6 Å². The van der Waals surface area contributed by atoms with E-state index in [4.69, 9.17) is 0 Å². The van der Waals surface area contributed by atoms with E-state index in [0.29, 0.717) is 18.4 Å². The van der Waals surface area contributed by atoms with Crippen molar-refractivity contribution in [1.82, 2.24) is 4.72 Å². The van der Waals surface area contributed by atoms with Gasteiger partial charge < -0.3 is 0 Å². The van der Waals surface area contributed by atoms with Crippen LogP contribution in [0.15, 0.2) is 18.2 Å². The largest absolute Gasteiger partial charge is 0.268 e. The number of carbonyl (C=O) groups excluding carboxylic acids is 1. The average molecular weight is 283 g/mol. The molecular weight excluding hydrogens is 269 g/mol. The summed E-state index contributed by atoms with van der Waals surface area (Å²) in [4.78, 5) is 11.9. The Hall–Kier alpha value is -1.43. The van der Waals surface area contributed by atoms with Crippen molar-refractivity contribution in [3.8, 4) is 0 Å². The van der Waals surface area contributed by atoms with Crippen LogP contribution in [-0.4, -0.2) is 19.6 Å². The summed E-state index contributed by atoms with van der Waals surface area (Å²) >= 11 is 0. The number of hydrogen-bond acceptors (Lipinski definition) is 3. The Kier molecular flexibility index (Phi) is 2.85. The van der Waals surface area contributed by atoms with Crippen LogP contribution in [0.3, 0.4) is 0 Å². The van der Waals surface area contributed by atoms with E-state index in [1.54, 1.807) is 12.1 Å². The maximum absolute atomic E-state index is 14.1. The molecule has 0 heterocycles. The first-order valence-corrected chi connectivity index (χ1v) is 7.88. The van der Waals surface area contributed by atoms with Crippen LogP contribution in [0.2, 0.25) is 0 Å². The zero-order valence-corrected chi connectivity index (χ0v) is 11.0. The van der Waals surface area contributed by atoms with Gasteiger partial charge in [0.1, 0.15) is 5.82 Å². The van der Waals surface area contributed by atoms with Crippen molar-refractivity contribution in [2.45, 2.75) is 36.9 Å². The van der Waals surface area contributed by atoms with Crippen LogP contribution in [-0.2, 0) is 10.0 Å². The van der Waals surface area contributed by atoms with E-state index in [-0.39, 0.29) is 11.5 Å². The van der Waals surface area contributed by atoms with Crippen LogP contribution < -0.4 is 4.72 Å². The summed E-state index contributed by atoms with van der Waals surface area (Å²) in [5, 5.41) is -0.494. The topological polar surface area (TPSA) is 63.2 Å². The van der Waals surface area contributed by atoms with E-state index in [1.807, 2.05) is 4.72 Å². The van der Waals surface area contributed by atoms with Crippen molar-refractivity contribution in [2.75, 3.05) is 0 Å². The fourth-order valence-corrected chi connectivity index (χ4v) is 3.37. The Labute approximate surface area is 111 Å². The molecule has 102 valence electrons. The molecule has 0 unspecified atom stereocenters. The summed E-state index contributed by atoms with van der Waals surface area (Å²) in [6.45, 7) is 0. The molecule has 0 saturated heterocycles. The monoisotopic (exact) mass is 283 g/mol. The zero-order valence-electron chi connectivity index (χ0n) is 10.2. The molecule has 6 heteroatoms. The zero-order chi connectivity index (χ0) is 13.6. The number of nitrogens with one attached hydrogen (secondary N) is 1. The van der Waals surface area contributed by atoms with Crippen molar-refractivity contribution in [1.29, 1.82) is 0 Å². The van der Waals surface area contributed by atoms with E-state index in [1.165, 1.54) is 6.07 Å². The van der Waals surface area contributed by atoms with Gasteiger partial charge in [0.2, 0.25) is 10.0 Å². The molecule has 2 saturated carbocycles. The van der Waals surface area contributed by atoms with Crippen LogP contribution >= 0.6 is 0 Å². The Morgan fingerprint density at radius 2 is 1.89 bits per heavy atom. The van der Waals surface area contributed by atoms with Gasteiger partial charge in [-0.15, -0.1) is 0 Å². The summed E-state index contributed by atoms with van der Waals surface area (Å²) in [6.07, 6.45) is 2.96. The number of halogens is 1. The highest BCUT2D eigenvalue weighted by molar-refractivity contribution is 7.91. The molecule has 0 spiro atoms. The van der Waals surface area contributed by atoms with E-state index in [0.717, 1.165) is 12.8 Å². The first kappa shape index (κ1) is 12.6. The SMILES string of the molecule is O=C(NS(=O)(=O)C1CC1)c1cccc(C2CC2)c1F. The van der Waals surface area contributed by atoms with Gasteiger partial charge in [-0.3, -0.25) is 4.79 Å². The predicted octanol–water partition coefficient (Wildman–Crippen LogP) is 1.93. The molecule has 0 atom stereocenters. The normalized spacial score (nSPS) is 19.2. The summed E-state index contributed by atoms with van der Waals surface area (Å²) < 4.78 is 39.4. The summed E-state index contributed by atoms with van der Waals surface area (Å²) in [6, 6.07) is 4.56. The third-order valence-electron chi connectivity index (χ3n) is 3.49. The molecule has 0 radical (unpaired) electrons. The summed E-state index contributed by atoms with van der Waals surface area (Å²) in [5.74, 6) is -1.28. The summed E-state index contributed by atoms with van der Waals surface area (Å²) in [5.41, 5.74) is 0.324. The van der Waals surface area contributed by atoms with Crippen LogP contribution in [0.5, 0.6) is 0 Å². The Morgan fingerprint density at radius 3 is 2.47 bits per heavy atom. The fourth-order valence-electron chi connectivity index (χ4n) is 2.08. The maximum atomic E-state index is 14.1. The predicted molar refractivity (Wildman–Crippen MR) is 67.8 cm³/mol. The second-order valence-corrected chi connectivity index (χ2v) is 7.12.